The number of non-ortho nitro benzene ring substituents is 1. The Morgan fingerprint density at radius 2 is 1.74 bits per heavy atom. The second kappa shape index (κ2) is 9.60. The fraction of sp³-hybridized carbons (Fsp3) is 0.0952. The van der Waals surface area contributed by atoms with Gasteiger partial charge in [-0.2, -0.15) is 0 Å². The largest absolute Gasteiger partial charge is 0.493 e. The molecule has 13 heteroatoms. The lowest BCUT2D eigenvalue weighted by molar-refractivity contribution is -0.394. The van der Waals surface area contributed by atoms with E-state index in [-0.39, 0.29) is 34.9 Å². The topological polar surface area (TPSA) is 171 Å². The number of nitro benzene ring substituents is 2. The van der Waals surface area contributed by atoms with Crippen LogP contribution in [0.3, 0.4) is 0 Å². The predicted molar refractivity (Wildman–Crippen MR) is 116 cm³/mol. The van der Waals surface area contributed by atoms with Crippen LogP contribution in [0.5, 0.6) is 17.2 Å². The Morgan fingerprint density at radius 3 is 2.35 bits per heavy atom. The SMILES string of the molecule is C=CCN1C(=O)NC(=O)/C(=C\c2ccc(OC)c(Oc3ccc([N+](=O)[O-])cc3[N+](=O)[O-])c2)C1=O. The molecule has 0 bridgehead atoms. The maximum absolute atomic E-state index is 12.6. The summed E-state index contributed by atoms with van der Waals surface area (Å²) in [5.41, 5.74) is -1.21. The Morgan fingerprint density at radius 1 is 1.03 bits per heavy atom. The molecular formula is C21H16N4O9. The van der Waals surface area contributed by atoms with Crippen LogP contribution in [0.25, 0.3) is 6.08 Å². The van der Waals surface area contributed by atoms with E-state index in [0.29, 0.717) is 0 Å². The molecule has 4 amide bonds. The van der Waals surface area contributed by atoms with Crippen molar-refractivity contribution in [3.8, 4) is 17.2 Å². The van der Waals surface area contributed by atoms with Crippen molar-refractivity contribution in [2.24, 2.45) is 0 Å². The van der Waals surface area contributed by atoms with Crippen molar-refractivity contribution >= 4 is 35.3 Å². The van der Waals surface area contributed by atoms with E-state index in [1.807, 2.05) is 0 Å². The van der Waals surface area contributed by atoms with Crippen LogP contribution in [-0.4, -0.2) is 46.2 Å². The Bertz CT molecular complexity index is 1270. The molecule has 0 spiro atoms. The summed E-state index contributed by atoms with van der Waals surface area (Å²) in [6.07, 6.45) is 2.53. The van der Waals surface area contributed by atoms with Crippen LogP contribution in [0, 0.1) is 20.2 Å². The quantitative estimate of drug-likeness (QED) is 0.201. The number of nitrogens with one attached hydrogen (secondary N) is 1. The molecular weight excluding hydrogens is 452 g/mol. The molecule has 13 nitrogen and oxygen atoms in total. The summed E-state index contributed by atoms with van der Waals surface area (Å²) in [7, 11) is 1.32. The molecule has 1 N–H and O–H groups in total. The van der Waals surface area contributed by atoms with Crippen molar-refractivity contribution in [3.05, 3.63) is 80.4 Å². The zero-order valence-electron chi connectivity index (χ0n) is 17.5. The number of rotatable bonds is 8. The summed E-state index contributed by atoms with van der Waals surface area (Å²) >= 11 is 0. The summed E-state index contributed by atoms with van der Waals surface area (Å²) < 4.78 is 10.8. The van der Waals surface area contributed by atoms with E-state index >= 15 is 0 Å². The number of carbonyl (C=O) groups is 3. The van der Waals surface area contributed by atoms with Gasteiger partial charge in [0.05, 0.1) is 23.0 Å². The monoisotopic (exact) mass is 468 g/mol. The lowest BCUT2D eigenvalue weighted by atomic mass is 10.1. The van der Waals surface area contributed by atoms with Gasteiger partial charge in [0, 0.05) is 12.6 Å². The van der Waals surface area contributed by atoms with Crippen molar-refractivity contribution in [2.45, 2.75) is 0 Å². The summed E-state index contributed by atoms with van der Waals surface area (Å²) in [6, 6.07) is 6.23. The van der Waals surface area contributed by atoms with Crippen LogP contribution in [-0.2, 0) is 9.59 Å². The molecule has 0 aromatic heterocycles. The van der Waals surface area contributed by atoms with Crippen LogP contribution in [0.4, 0.5) is 16.2 Å². The molecule has 1 aliphatic heterocycles. The van der Waals surface area contributed by atoms with Crippen molar-refractivity contribution in [2.75, 3.05) is 13.7 Å². The number of nitro groups is 2. The fourth-order valence-electron chi connectivity index (χ4n) is 2.99. The van der Waals surface area contributed by atoms with Crippen LogP contribution >= 0.6 is 0 Å². The van der Waals surface area contributed by atoms with E-state index in [9.17, 15) is 34.6 Å². The highest BCUT2D eigenvalue weighted by atomic mass is 16.6. The third kappa shape index (κ3) is 4.72. The van der Waals surface area contributed by atoms with Gasteiger partial charge in [-0.25, -0.2) is 4.79 Å². The van der Waals surface area contributed by atoms with Crippen LogP contribution in [0.15, 0.2) is 54.6 Å². The average Bonchev–Trinajstić information content (AvgIpc) is 2.79. The molecule has 1 aliphatic rings. The lowest BCUT2D eigenvalue weighted by Gasteiger charge is -2.25. The first-order chi connectivity index (χ1) is 16.2. The minimum atomic E-state index is -0.903. The molecule has 0 unspecified atom stereocenters. The number of methoxy groups -OCH3 is 1. The molecule has 174 valence electrons. The maximum atomic E-state index is 12.6. The van der Waals surface area contributed by atoms with Gasteiger partial charge in [0.1, 0.15) is 5.57 Å². The number of benzene rings is 2. The summed E-state index contributed by atoms with van der Waals surface area (Å²) in [6.45, 7) is 3.35. The molecule has 3 rings (SSSR count). The number of barbiturate groups is 1. The van der Waals surface area contributed by atoms with E-state index in [1.165, 1.54) is 37.5 Å². The first-order valence-electron chi connectivity index (χ1n) is 9.44. The second-order valence-corrected chi connectivity index (χ2v) is 6.70. The molecule has 2 aromatic carbocycles. The van der Waals surface area contributed by atoms with Crippen molar-refractivity contribution < 1.29 is 33.7 Å². The maximum Gasteiger partial charge on any atom is 0.331 e. The second-order valence-electron chi connectivity index (χ2n) is 6.70. The number of hydrogen-bond acceptors (Lipinski definition) is 9. The van der Waals surface area contributed by atoms with Gasteiger partial charge in [-0.15, -0.1) is 6.58 Å². The van der Waals surface area contributed by atoms with E-state index in [0.717, 1.165) is 23.1 Å². The molecule has 0 saturated carbocycles. The van der Waals surface area contributed by atoms with Gasteiger partial charge in [-0.3, -0.25) is 40.0 Å². The molecule has 1 fully saturated rings. The van der Waals surface area contributed by atoms with Crippen molar-refractivity contribution in [1.82, 2.24) is 10.2 Å². The molecule has 0 atom stereocenters. The van der Waals surface area contributed by atoms with Gasteiger partial charge in [0.2, 0.25) is 5.75 Å². The number of imide groups is 2. The van der Waals surface area contributed by atoms with Crippen molar-refractivity contribution in [3.63, 3.8) is 0 Å². The normalized spacial score (nSPS) is 14.6. The first-order valence-corrected chi connectivity index (χ1v) is 9.44. The Balaban J connectivity index is 2.02. The number of urea groups is 1. The minimum Gasteiger partial charge on any atom is -0.493 e. The minimum absolute atomic E-state index is 0.0310. The van der Waals surface area contributed by atoms with Crippen LogP contribution in [0.1, 0.15) is 5.56 Å². The molecule has 1 heterocycles. The standard InChI is InChI=1S/C21H16N4O9/c1-3-8-23-20(27)14(19(26)22-21(23)28)9-12-4-6-17(33-2)18(10-12)34-16-7-5-13(24(29)30)11-15(16)25(31)32/h3-7,9-11H,1,8H2,2H3,(H,22,26,28)/b14-9+. The predicted octanol–water partition coefficient (Wildman–Crippen LogP) is 2.95. The highest BCUT2D eigenvalue weighted by Crippen LogP contribution is 2.38. The van der Waals surface area contributed by atoms with Gasteiger partial charge in [-0.05, 0) is 29.8 Å². The summed E-state index contributed by atoms with van der Waals surface area (Å²) in [5.74, 6) is -1.92. The number of ether oxygens (including phenoxy) is 2. The highest BCUT2D eigenvalue weighted by Gasteiger charge is 2.35. The van der Waals surface area contributed by atoms with Crippen LogP contribution < -0.4 is 14.8 Å². The van der Waals surface area contributed by atoms with E-state index in [4.69, 9.17) is 9.47 Å². The summed E-state index contributed by atoms with van der Waals surface area (Å²) in [5, 5.41) is 24.4. The van der Waals surface area contributed by atoms with E-state index in [1.54, 1.807) is 0 Å². The molecule has 1 saturated heterocycles. The van der Waals surface area contributed by atoms with Gasteiger partial charge in [-0.1, -0.05) is 12.1 Å². The zero-order valence-corrected chi connectivity index (χ0v) is 17.5. The van der Waals surface area contributed by atoms with E-state index in [2.05, 4.69) is 11.9 Å². The lowest BCUT2D eigenvalue weighted by Crippen LogP contribution is -2.54. The number of nitrogens with zero attached hydrogens (tertiary/aromatic N) is 3. The van der Waals surface area contributed by atoms with Crippen molar-refractivity contribution in [1.29, 1.82) is 0 Å². The number of hydrogen-bond donors (Lipinski definition) is 1. The summed E-state index contributed by atoms with van der Waals surface area (Å²) in [4.78, 5) is 58.2. The van der Waals surface area contributed by atoms with Gasteiger partial charge < -0.3 is 9.47 Å². The average molecular weight is 468 g/mol. The number of carbonyl (C=O) groups excluding carboxylic acids is 3. The Hall–Kier alpha value is -5.07. The fourth-order valence-corrected chi connectivity index (χ4v) is 2.99. The third-order valence-corrected chi connectivity index (χ3v) is 4.57. The number of amides is 4. The molecule has 0 radical (unpaired) electrons. The zero-order chi connectivity index (χ0) is 25.0. The van der Waals surface area contributed by atoms with Crippen LogP contribution in [0.2, 0.25) is 0 Å². The molecule has 2 aromatic rings. The van der Waals surface area contributed by atoms with E-state index < -0.39 is 39.1 Å². The Kier molecular flexibility index (Phi) is 6.66. The van der Waals surface area contributed by atoms with Gasteiger partial charge in [0.25, 0.3) is 17.5 Å². The molecule has 0 aliphatic carbocycles. The molecule has 34 heavy (non-hydrogen) atoms. The highest BCUT2D eigenvalue weighted by molar-refractivity contribution is 6.31. The van der Waals surface area contributed by atoms with Gasteiger partial charge in [0.15, 0.2) is 11.5 Å². The van der Waals surface area contributed by atoms with Gasteiger partial charge >= 0.3 is 11.7 Å². The third-order valence-electron chi connectivity index (χ3n) is 4.57. The Labute approximate surface area is 191 Å². The smallest absolute Gasteiger partial charge is 0.331 e. The first kappa shape index (κ1) is 23.6.